The van der Waals surface area contributed by atoms with Crippen molar-refractivity contribution in [3.63, 3.8) is 0 Å². The molecule has 0 unspecified atom stereocenters. The number of carbonyl (C=O) groups is 1. The lowest BCUT2D eigenvalue weighted by atomic mass is 9.94. The molecule has 2 fully saturated rings. The quantitative estimate of drug-likeness (QED) is 0.713. The second-order valence-corrected chi connectivity index (χ2v) is 9.06. The zero-order chi connectivity index (χ0) is 21.5. The van der Waals surface area contributed by atoms with E-state index in [1.807, 2.05) is 18.2 Å². The number of nitrogens with one attached hydrogen (secondary N) is 1. The number of nitrogens with zero attached hydrogens (tertiary/aromatic N) is 2. The number of rotatable bonds is 6. The molecule has 0 radical (unpaired) electrons. The fourth-order valence-electron chi connectivity index (χ4n) is 4.91. The monoisotopic (exact) mass is 425 g/mol. The summed E-state index contributed by atoms with van der Waals surface area (Å²) in [5, 5.41) is 7.45. The Balaban J connectivity index is 1.33. The van der Waals surface area contributed by atoms with Gasteiger partial charge in [0.1, 0.15) is 5.75 Å². The number of piperidine rings is 1. The highest BCUT2D eigenvalue weighted by molar-refractivity contribution is 5.91. The van der Waals surface area contributed by atoms with E-state index in [1.165, 1.54) is 37.7 Å². The zero-order valence-electron chi connectivity index (χ0n) is 18.6. The molecule has 1 aliphatic carbocycles. The van der Waals surface area contributed by atoms with Crippen LogP contribution in [0.3, 0.4) is 0 Å². The maximum Gasteiger partial charge on any atom is 0.290 e. The molecule has 0 spiro atoms. The number of benzene rings is 1. The van der Waals surface area contributed by atoms with Crippen LogP contribution in [-0.2, 0) is 6.54 Å². The highest BCUT2D eigenvalue weighted by Gasteiger charge is 2.26. The molecule has 1 atom stereocenters. The highest BCUT2D eigenvalue weighted by Crippen LogP contribution is 2.28. The van der Waals surface area contributed by atoms with E-state index >= 15 is 0 Å². The fraction of sp³-hybridized carbons (Fsp3) is 0.600. The van der Waals surface area contributed by atoms with Crippen molar-refractivity contribution in [2.75, 3.05) is 20.2 Å². The molecule has 6 nitrogen and oxygen atoms in total. The summed E-state index contributed by atoms with van der Waals surface area (Å²) in [6, 6.07) is 10.4. The van der Waals surface area contributed by atoms with Crippen LogP contribution in [0.2, 0.25) is 0 Å². The number of aromatic nitrogens is 1. The number of methoxy groups -OCH3 is 1. The summed E-state index contributed by atoms with van der Waals surface area (Å²) in [6.07, 6.45) is 10.6. The third-order valence-corrected chi connectivity index (χ3v) is 6.66. The molecule has 31 heavy (non-hydrogen) atoms. The maximum absolute atomic E-state index is 12.7. The Morgan fingerprint density at radius 2 is 1.94 bits per heavy atom. The molecule has 6 heteroatoms. The van der Waals surface area contributed by atoms with Gasteiger partial charge in [0.05, 0.1) is 12.8 Å². The third kappa shape index (κ3) is 6.10. The Bertz CT molecular complexity index is 842. The van der Waals surface area contributed by atoms with Crippen LogP contribution < -0.4 is 10.1 Å². The number of likely N-dealkylation sites (tertiary alicyclic amines) is 1. The van der Waals surface area contributed by atoms with Crippen molar-refractivity contribution < 1.29 is 14.1 Å². The molecular formula is C25H35N3O3. The lowest BCUT2D eigenvalue weighted by Gasteiger charge is -2.31. The molecule has 1 saturated carbocycles. The topological polar surface area (TPSA) is 67.6 Å². The Morgan fingerprint density at radius 3 is 2.74 bits per heavy atom. The number of amides is 1. The summed E-state index contributed by atoms with van der Waals surface area (Å²) < 4.78 is 10.8. The number of hydrogen-bond acceptors (Lipinski definition) is 5. The van der Waals surface area contributed by atoms with Crippen molar-refractivity contribution in [3.8, 4) is 5.75 Å². The molecular weight excluding hydrogens is 390 g/mol. The Morgan fingerprint density at radius 1 is 1.13 bits per heavy atom. The first kappa shape index (κ1) is 21.9. The molecule has 1 aromatic heterocycles. The minimum absolute atomic E-state index is 0.117. The summed E-state index contributed by atoms with van der Waals surface area (Å²) in [7, 11) is 1.70. The molecule has 2 aliphatic rings. The molecule has 2 aromatic rings. The average molecular weight is 426 g/mol. The van der Waals surface area contributed by atoms with Gasteiger partial charge < -0.3 is 14.6 Å². The predicted molar refractivity (Wildman–Crippen MR) is 120 cm³/mol. The first-order chi connectivity index (χ1) is 15.2. The smallest absolute Gasteiger partial charge is 0.290 e. The third-order valence-electron chi connectivity index (χ3n) is 6.66. The molecule has 4 rings (SSSR count). The van der Waals surface area contributed by atoms with E-state index in [9.17, 15) is 4.79 Å². The van der Waals surface area contributed by atoms with Crippen LogP contribution in [0.1, 0.15) is 85.5 Å². The minimum Gasteiger partial charge on any atom is -0.497 e. The van der Waals surface area contributed by atoms with Crippen molar-refractivity contribution in [2.24, 2.45) is 0 Å². The minimum atomic E-state index is -0.117. The molecule has 1 saturated heterocycles. The average Bonchev–Trinajstić information content (AvgIpc) is 3.26. The van der Waals surface area contributed by atoms with Gasteiger partial charge in [0.2, 0.25) is 5.76 Å². The van der Waals surface area contributed by atoms with Gasteiger partial charge in [-0.2, -0.15) is 0 Å². The van der Waals surface area contributed by atoms with Gasteiger partial charge in [-0.3, -0.25) is 9.69 Å². The van der Waals surface area contributed by atoms with Crippen molar-refractivity contribution >= 4 is 5.91 Å². The van der Waals surface area contributed by atoms with Crippen LogP contribution in [0.5, 0.6) is 5.75 Å². The SMILES string of the molecule is COc1cccc(CN2CCC[C@@H](c3cc(C(=O)NC4CCCCCCC4)on3)C2)c1. The number of ether oxygens (including phenoxy) is 1. The lowest BCUT2D eigenvalue weighted by Crippen LogP contribution is -2.35. The molecule has 0 bridgehead atoms. The summed E-state index contributed by atoms with van der Waals surface area (Å²) >= 11 is 0. The fourth-order valence-corrected chi connectivity index (χ4v) is 4.91. The van der Waals surface area contributed by atoms with Crippen LogP contribution in [0.25, 0.3) is 0 Å². The normalized spacial score (nSPS) is 21.3. The van der Waals surface area contributed by atoms with Crippen LogP contribution in [0.15, 0.2) is 34.9 Å². The van der Waals surface area contributed by atoms with Gasteiger partial charge in [0, 0.05) is 31.1 Å². The van der Waals surface area contributed by atoms with E-state index in [-0.39, 0.29) is 11.9 Å². The predicted octanol–water partition coefficient (Wildman–Crippen LogP) is 4.91. The highest BCUT2D eigenvalue weighted by atomic mass is 16.5. The van der Waals surface area contributed by atoms with Gasteiger partial charge in [0.25, 0.3) is 5.91 Å². The van der Waals surface area contributed by atoms with Gasteiger partial charge in [0.15, 0.2) is 0 Å². The number of hydrogen-bond donors (Lipinski definition) is 1. The second-order valence-electron chi connectivity index (χ2n) is 9.06. The summed E-state index contributed by atoms with van der Waals surface area (Å²) in [5.41, 5.74) is 2.15. The Hall–Kier alpha value is -2.34. The molecule has 1 aliphatic heterocycles. The van der Waals surface area contributed by atoms with Crippen molar-refractivity contribution in [1.29, 1.82) is 0 Å². The first-order valence-electron chi connectivity index (χ1n) is 11.8. The number of carbonyl (C=O) groups excluding carboxylic acids is 1. The van der Waals surface area contributed by atoms with Gasteiger partial charge in [-0.1, -0.05) is 49.4 Å². The van der Waals surface area contributed by atoms with Crippen molar-refractivity contribution in [3.05, 3.63) is 47.3 Å². The molecule has 1 aromatic carbocycles. The van der Waals surface area contributed by atoms with E-state index < -0.39 is 0 Å². The Labute approximate surface area is 185 Å². The maximum atomic E-state index is 12.7. The van der Waals surface area contributed by atoms with E-state index in [1.54, 1.807) is 7.11 Å². The second kappa shape index (κ2) is 10.8. The van der Waals surface area contributed by atoms with Gasteiger partial charge in [-0.25, -0.2) is 0 Å². The molecule has 168 valence electrons. The van der Waals surface area contributed by atoms with Gasteiger partial charge in [-0.05, 0) is 49.9 Å². The van der Waals surface area contributed by atoms with Crippen LogP contribution in [0.4, 0.5) is 0 Å². The van der Waals surface area contributed by atoms with E-state index in [0.717, 1.165) is 56.8 Å². The largest absolute Gasteiger partial charge is 0.497 e. The Kier molecular flexibility index (Phi) is 7.62. The van der Waals surface area contributed by atoms with E-state index in [0.29, 0.717) is 11.7 Å². The van der Waals surface area contributed by atoms with Crippen molar-refractivity contribution in [1.82, 2.24) is 15.4 Å². The van der Waals surface area contributed by atoms with E-state index in [2.05, 4.69) is 27.5 Å². The van der Waals surface area contributed by atoms with Crippen LogP contribution in [-0.4, -0.2) is 42.2 Å². The van der Waals surface area contributed by atoms with Gasteiger partial charge in [-0.15, -0.1) is 0 Å². The molecule has 1 amide bonds. The first-order valence-corrected chi connectivity index (χ1v) is 11.8. The molecule has 2 heterocycles. The summed E-state index contributed by atoms with van der Waals surface area (Å²) in [4.78, 5) is 15.2. The summed E-state index contributed by atoms with van der Waals surface area (Å²) in [5.74, 6) is 1.42. The van der Waals surface area contributed by atoms with Gasteiger partial charge >= 0.3 is 0 Å². The summed E-state index contributed by atoms with van der Waals surface area (Å²) in [6.45, 7) is 2.88. The zero-order valence-corrected chi connectivity index (χ0v) is 18.6. The standard InChI is InChI=1S/C25H35N3O3/c1-30-22-13-7-9-19(15-22)17-28-14-8-10-20(18-28)23-16-24(31-27-23)25(29)26-21-11-5-3-2-4-6-12-21/h7,9,13,15-16,20-21H,2-6,8,10-12,14,17-18H2,1H3,(H,26,29)/t20-/m1/s1. The van der Waals surface area contributed by atoms with Crippen LogP contribution in [0, 0.1) is 0 Å². The molecule has 1 N–H and O–H groups in total. The van der Waals surface area contributed by atoms with Crippen LogP contribution >= 0.6 is 0 Å². The van der Waals surface area contributed by atoms with Crippen molar-refractivity contribution in [2.45, 2.75) is 76.3 Å². The lowest BCUT2D eigenvalue weighted by molar-refractivity contribution is 0.0892. The van der Waals surface area contributed by atoms with E-state index in [4.69, 9.17) is 9.26 Å².